The van der Waals surface area contributed by atoms with Crippen LogP contribution in [-0.2, 0) is 9.84 Å². The summed E-state index contributed by atoms with van der Waals surface area (Å²) in [7, 11) is -3.11. The first kappa shape index (κ1) is 15.2. The SMILES string of the molecule is NNc1ccc([N+](=O)[O-])cc1C(=O)N1CCS(=O)(=O)CC1. The second kappa shape index (κ2) is 5.66. The largest absolute Gasteiger partial charge is 0.337 e. The number of nitrogens with two attached hydrogens (primary N) is 1. The molecule has 1 aliphatic rings. The number of amides is 1. The summed E-state index contributed by atoms with van der Waals surface area (Å²) in [5.74, 6) is 4.59. The minimum absolute atomic E-state index is 0.0472. The highest BCUT2D eigenvalue weighted by molar-refractivity contribution is 7.91. The monoisotopic (exact) mass is 314 g/mol. The molecule has 1 amide bonds. The van der Waals surface area contributed by atoms with Crippen molar-refractivity contribution < 1.29 is 18.1 Å². The van der Waals surface area contributed by atoms with Gasteiger partial charge in [0, 0.05) is 25.2 Å². The number of hydrogen-bond acceptors (Lipinski definition) is 7. The van der Waals surface area contributed by atoms with Crippen LogP contribution < -0.4 is 11.3 Å². The molecule has 1 heterocycles. The molecule has 1 aromatic rings. The van der Waals surface area contributed by atoms with Gasteiger partial charge in [0.1, 0.15) is 0 Å². The third-order valence-electron chi connectivity index (χ3n) is 3.23. The topological polar surface area (TPSA) is 136 Å². The summed E-state index contributed by atoms with van der Waals surface area (Å²) in [6, 6.07) is 3.69. The Morgan fingerprint density at radius 3 is 2.48 bits per heavy atom. The van der Waals surface area contributed by atoms with E-state index in [1.807, 2.05) is 0 Å². The number of sulfone groups is 1. The lowest BCUT2D eigenvalue weighted by atomic mass is 10.1. The third kappa shape index (κ3) is 3.28. The molecular formula is C11H14N4O5S. The van der Waals surface area contributed by atoms with Crippen molar-refractivity contribution >= 4 is 27.1 Å². The van der Waals surface area contributed by atoms with Gasteiger partial charge in [-0.1, -0.05) is 0 Å². The summed E-state index contributed by atoms with van der Waals surface area (Å²) in [6.45, 7) is 0.127. The third-order valence-corrected chi connectivity index (χ3v) is 4.84. The maximum absolute atomic E-state index is 12.4. The van der Waals surface area contributed by atoms with Crippen molar-refractivity contribution in [3.8, 4) is 0 Å². The molecule has 0 aromatic heterocycles. The molecule has 1 aromatic carbocycles. The van der Waals surface area contributed by atoms with Gasteiger partial charge < -0.3 is 10.3 Å². The van der Waals surface area contributed by atoms with E-state index in [1.165, 1.54) is 17.0 Å². The van der Waals surface area contributed by atoms with Crippen molar-refractivity contribution in [2.24, 2.45) is 5.84 Å². The normalized spacial score (nSPS) is 17.3. The Balaban J connectivity index is 2.30. The van der Waals surface area contributed by atoms with Gasteiger partial charge in [0.2, 0.25) is 0 Å². The maximum atomic E-state index is 12.4. The summed E-state index contributed by atoms with van der Waals surface area (Å²) in [5.41, 5.74) is 2.37. The average molecular weight is 314 g/mol. The number of hydrogen-bond donors (Lipinski definition) is 2. The summed E-state index contributed by atoms with van der Waals surface area (Å²) >= 11 is 0. The second-order valence-corrected chi connectivity index (χ2v) is 6.88. The fourth-order valence-corrected chi connectivity index (χ4v) is 3.24. The van der Waals surface area contributed by atoms with Crippen molar-refractivity contribution in [2.75, 3.05) is 30.0 Å². The fraction of sp³-hybridized carbons (Fsp3) is 0.364. The van der Waals surface area contributed by atoms with Crippen LogP contribution in [0.25, 0.3) is 0 Å². The molecule has 1 saturated heterocycles. The van der Waals surface area contributed by atoms with Crippen molar-refractivity contribution in [2.45, 2.75) is 0 Å². The zero-order valence-corrected chi connectivity index (χ0v) is 11.8. The molecule has 0 saturated carbocycles. The molecule has 0 radical (unpaired) electrons. The van der Waals surface area contributed by atoms with Crippen molar-refractivity contribution in [3.63, 3.8) is 0 Å². The standard InChI is InChI=1S/C11H14N4O5S/c12-13-10-2-1-8(15(17)18)7-9(10)11(16)14-3-5-21(19,20)6-4-14/h1-2,7,13H,3-6,12H2. The molecule has 1 fully saturated rings. The first-order chi connectivity index (χ1) is 9.84. The number of non-ortho nitro benzene ring substituents is 1. The zero-order chi connectivity index (χ0) is 15.6. The molecule has 114 valence electrons. The number of benzene rings is 1. The quantitative estimate of drug-likeness (QED) is 0.446. The molecule has 3 N–H and O–H groups in total. The van der Waals surface area contributed by atoms with Crippen LogP contribution in [0.15, 0.2) is 18.2 Å². The number of carbonyl (C=O) groups excluding carboxylic acids is 1. The maximum Gasteiger partial charge on any atom is 0.270 e. The van der Waals surface area contributed by atoms with Gasteiger partial charge in [0.15, 0.2) is 9.84 Å². The van der Waals surface area contributed by atoms with Crippen molar-refractivity contribution in [3.05, 3.63) is 33.9 Å². The number of anilines is 1. The Morgan fingerprint density at radius 1 is 1.33 bits per heavy atom. The highest BCUT2D eigenvalue weighted by Gasteiger charge is 2.27. The van der Waals surface area contributed by atoms with Crippen LogP contribution in [0.5, 0.6) is 0 Å². The lowest BCUT2D eigenvalue weighted by molar-refractivity contribution is -0.384. The van der Waals surface area contributed by atoms with Crippen LogP contribution in [0.3, 0.4) is 0 Å². The molecule has 0 aliphatic carbocycles. The van der Waals surface area contributed by atoms with Crippen molar-refractivity contribution in [1.29, 1.82) is 0 Å². The van der Waals surface area contributed by atoms with E-state index in [2.05, 4.69) is 5.43 Å². The Labute approximate surface area is 120 Å². The minimum Gasteiger partial charge on any atom is -0.337 e. The van der Waals surface area contributed by atoms with E-state index in [4.69, 9.17) is 5.84 Å². The Bertz CT molecular complexity index is 674. The molecule has 2 rings (SSSR count). The van der Waals surface area contributed by atoms with Crippen LogP contribution in [0.4, 0.5) is 11.4 Å². The molecule has 0 bridgehead atoms. The summed E-state index contributed by atoms with van der Waals surface area (Å²) in [4.78, 5) is 23.9. The summed E-state index contributed by atoms with van der Waals surface area (Å²) < 4.78 is 22.7. The number of nitro groups is 1. The van der Waals surface area contributed by atoms with Gasteiger partial charge in [-0.3, -0.25) is 20.8 Å². The van der Waals surface area contributed by atoms with Gasteiger partial charge >= 0.3 is 0 Å². The Morgan fingerprint density at radius 2 is 1.95 bits per heavy atom. The van der Waals surface area contributed by atoms with Gasteiger partial charge in [-0.05, 0) is 6.07 Å². The van der Waals surface area contributed by atoms with Crippen LogP contribution in [0.1, 0.15) is 10.4 Å². The zero-order valence-electron chi connectivity index (χ0n) is 11.0. The van der Waals surface area contributed by atoms with E-state index in [9.17, 15) is 23.3 Å². The fourth-order valence-electron chi connectivity index (χ4n) is 2.03. The van der Waals surface area contributed by atoms with E-state index in [0.29, 0.717) is 0 Å². The van der Waals surface area contributed by atoms with Crippen molar-refractivity contribution in [1.82, 2.24) is 4.90 Å². The first-order valence-corrected chi connectivity index (χ1v) is 7.91. The van der Waals surface area contributed by atoms with Crippen LogP contribution >= 0.6 is 0 Å². The number of nitrogens with one attached hydrogen (secondary N) is 1. The Hall–Kier alpha value is -2.20. The number of nitro benzene ring substituents is 1. The molecular weight excluding hydrogens is 300 g/mol. The number of rotatable bonds is 3. The molecule has 0 unspecified atom stereocenters. The molecule has 0 spiro atoms. The first-order valence-electron chi connectivity index (χ1n) is 6.09. The second-order valence-electron chi connectivity index (χ2n) is 4.58. The lowest BCUT2D eigenvalue weighted by Gasteiger charge is -2.27. The number of nitrogen functional groups attached to an aromatic ring is 1. The number of carbonyl (C=O) groups is 1. The van der Waals surface area contributed by atoms with Crippen LogP contribution in [0, 0.1) is 10.1 Å². The molecule has 0 atom stereocenters. The van der Waals surface area contributed by atoms with E-state index >= 15 is 0 Å². The Kier molecular flexibility index (Phi) is 4.09. The highest BCUT2D eigenvalue weighted by atomic mass is 32.2. The molecule has 9 nitrogen and oxygen atoms in total. The van der Waals surface area contributed by atoms with Crippen LogP contribution in [0.2, 0.25) is 0 Å². The molecule has 1 aliphatic heterocycles. The predicted molar refractivity (Wildman–Crippen MR) is 75.5 cm³/mol. The average Bonchev–Trinajstić information content (AvgIpc) is 2.45. The van der Waals surface area contributed by atoms with E-state index < -0.39 is 20.7 Å². The van der Waals surface area contributed by atoms with Gasteiger partial charge in [0.25, 0.3) is 11.6 Å². The van der Waals surface area contributed by atoms with Crippen LogP contribution in [-0.4, -0.2) is 48.7 Å². The summed E-state index contributed by atoms with van der Waals surface area (Å²) in [6.07, 6.45) is 0. The van der Waals surface area contributed by atoms with Gasteiger partial charge in [-0.15, -0.1) is 0 Å². The lowest BCUT2D eigenvalue weighted by Crippen LogP contribution is -2.44. The molecule has 10 heteroatoms. The van der Waals surface area contributed by atoms with Gasteiger partial charge in [0.05, 0.1) is 27.7 Å². The summed E-state index contributed by atoms with van der Waals surface area (Å²) in [5, 5.41) is 10.8. The smallest absolute Gasteiger partial charge is 0.270 e. The van der Waals surface area contributed by atoms with Gasteiger partial charge in [-0.2, -0.15) is 0 Å². The minimum atomic E-state index is -3.11. The number of nitrogens with zero attached hydrogens (tertiary/aromatic N) is 2. The van der Waals surface area contributed by atoms with E-state index in [0.717, 1.165) is 6.07 Å². The van der Waals surface area contributed by atoms with Gasteiger partial charge in [-0.25, -0.2) is 8.42 Å². The highest BCUT2D eigenvalue weighted by Crippen LogP contribution is 2.23. The predicted octanol–water partition coefficient (Wildman–Crippen LogP) is -0.249. The molecule has 21 heavy (non-hydrogen) atoms. The van der Waals surface area contributed by atoms with E-state index in [1.54, 1.807) is 0 Å². The van der Waals surface area contributed by atoms with E-state index in [-0.39, 0.29) is 41.5 Å². The number of hydrazine groups is 1.